The van der Waals surface area contributed by atoms with Gasteiger partial charge in [-0.15, -0.1) is 0 Å². The first-order valence-electron chi connectivity index (χ1n) is 6.35. The molecule has 1 saturated heterocycles. The zero-order valence-corrected chi connectivity index (χ0v) is 10.9. The van der Waals surface area contributed by atoms with Crippen LogP contribution >= 0.6 is 0 Å². The maximum Gasteiger partial charge on any atom is 0.0628 e. The van der Waals surface area contributed by atoms with Crippen molar-refractivity contribution in [1.29, 1.82) is 0 Å². The monoisotopic (exact) mass is 221 g/mol. The van der Waals surface area contributed by atoms with Crippen LogP contribution in [0.15, 0.2) is 0 Å². The fourth-order valence-corrected chi connectivity index (χ4v) is 2.87. The van der Waals surface area contributed by atoms with Crippen LogP contribution in [0.5, 0.6) is 0 Å². The molecule has 0 atom stereocenters. The van der Waals surface area contributed by atoms with Gasteiger partial charge in [0, 0.05) is 11.7 Å². The highest BCUT2D eigenvalue weighted by Gasteiger charge is 2.25. The second kappa shape index (κ2) is 4.58. The zero-order valence-electron chi connectivity index (χ0n) is 10.9. The van der Waals surface area contributed by atoms with E-state index in [0.29, 0.717) is 12.0 Å². The lowest BCUT2D eigenvalue weighted by atomic mass is 9.88. The summed E-state index contributed by atoms with van der Waals surface area (Å²) in [6.45, 7) is 11.3. The average Bonchev–Trinajstić information content (AvgIpc) is 2.59. The number of H-pyrrole nitrogens is 1. The Balaban J connectivity index is 2.04. The molecule has 0 amide bonds. The van der Waals surface area contributed by atoms with Crippen LogP contribution in [0.1, 0.15) is 49.6 Å². The van der Waals surface area contributed by atoms with Gasteiger partial charge in [-0.25, -0.2) is 0 Å². The summed E-state index contributed by atoms with van der Waals surface area (Å²) in [5.74, 6) is 0.716. The lowest BCUT2D eigenvalue weighted by molar-refractivity contribution is 0.171. The second-order valence-corrected chi connectivity index (χ2v) is 5.25. The predicted octanol–water partition coefficient (Wildman–Crippen LogP) is 2.61. The Morgan fingerprint density at radius 2 is 1.88 bits per heavy atom. The Morgan fingerprint density at radius 3 is 2.31 bits per heavy atom. The Labute approximate surface area is 98.2 Å². The molecular formula is C13H23N3. The molecule has 0 unspecified atom stereocenters. The summed E-state index contributed by atoms with van der Waals surface area (Å²) in [6, 6.07) is 0.687. The largest absolute Gasteiger partial charge is 0.301 e. The number of nitrogens with one attached hydrogen (secondary N) is 1. The van der Waals surface area contributed by atoms with E-state index >= 15 is 0 Å². The minimum atomic E-state index is 0.687. The maximum atomic E-state index is 4.31. The molecule has 3 nitrogen and oxygen atoms in total. The highest BCUT2D eigenvalue weighted by molar-refractivity contribution is 5.28. The summed E-state index contributed by atoms with van der Waals surface area (Å²) in [5, 5.41) is 7.41. The molecule has 1 aromatic heterocycles. The van der Waals surface area contributed by atoms with E-state index in [1.807, 2.05) is 0 Å². The molecule has 0 spiro atoms. The standard InChI is InChI=1S/C13H23N3/c1-9(2)16-7-5-12(6-8-16)13-10(3)14-15-11(13)4/h9,12H,5-8H2,1-4H3,(H,14,15). The SMILES string of the molecule is Cc1n[nH]c(C)c1C1CCN(C(C)C)CC1. The fraction of sp³-hybridized carbons (Fsp3) is 0.769. The zero-order chi connectivity index (χ0) is 11.7. The topological polar surface area (TPSA) is 31.9 Å². The smallest absolute Gasteiger partial charge is 0.0628 e. The number of likely N-dealkylation sites (tertiary alicyclic amines) is 1. The normalized spacial score (nSPS) is 19.6. The maximum absolute atomic E-state index is 4.31. The quantitative estimate of drug-likeness (QED) is 0.832. The number of rotatable bonds is 2. The minimum absolute atomic E-state index is 0.687. The first-order valence-corrected chi connectivity index (χ1v) is 6.35. The summed E-state index contributed by atoms with van der Waals surface area (Å²) in [7, 11) is 0. The van der Waals surface area contributed by atoms with Crippen molar-refractivity contribution >= 4 is 0 Å². The Kier molecular flexibility index (Phi) is 3.33. The molecule has 2 heterocycles. The van der Waals surface area contributed by atoms with Gasteiger partial charge in [-0.3, -0.25) is 5.10 Å². The molecule has 0 saturated carbocycles. The number of aromatic amines is 1. The summed E-state index contributed by atoms with van der Waals surface area (Å²) in [6.07, 6.45) is 2.55. The van der Waals surface area contributed by atoms with Gasteiger partial charge in [0.2, 0.25) is 0 Å². The van der Waals surface area contributed by atoms with Crippen LogP contribution in [0.4, 0.5) is 0 Å². The third-order valence-electron chi connectivity index (χ3n) is 3.85. The lowest BCUT2D eigenvalue weighted by Crippen LogP contribution is -2.38. The Hall–Kier alpha value is -0.830. The number of nitrogens with zero attached hydrogens (tertiary/aromatic N) is 2. The van der Waals surface area contributed by atoms with Gasteiger partial charge in [0.25, 0.3) is 0 Å². The van der Waals surface area contributed by atoms with Crippen LogP contribution in [0.25, 0.3) is 0 Å². The van der Waals surface area contributed by atoms with Gasteiger partial charge < -0.3 is 4.90 Å². The number of aryl methyl sites for hydroxylation is 2. The minimum Gasteiger partial charge on any atom is -0.301 e. The van der Waals surface area contributed by atoms with Gasteiger partial charge in [-0.1, -0.05) is 0 Å². The molecule has 1 fully saturated rings. The van der Waals surface area contributed by atoms with Crippen LogP contribution in [0, 0.1) is 13.8 Å². The number of piperidine rings is 1. The summed E-state index contributed by atoms with van der Waals surface area (Å²) >= 11 is 0. The van der Waals surface area contributed by atoms with E-state index in [1.54, 1.807) is 0 Å². The van der Waals surface area contributed by atoms with Crippen molar-refractivity contribution < 1.29 is 0 Å². The Morgan fingerprint density at radius 1 is 1.25 bits per heavy atom. The van der Waals surface area contributed by atoms with Crippen LogP contribution < -0.4 is 0 Å². The molecule has 1 aliphatic heterocycles. The third kappa shape index (κ3) is 2.14. The van der Waals surface area contributed by atoms with Crippen molar-refractivity contribution in [1.82, 2.24) is 15.1 Å². The van der Waals surface area contributed by atoms with Gasteiger partial charge in [-0.05, 0) is 65.1 Å². The molecule has 0 radical (unpaired) electrons. The van der Waals surface area contributed by atoms with Crippen molar-refractivity contribution in [2.24, 2.45) is 0 Å². The van der Waals surface area contributed by atoms with Crippen LogP contribution in [0.2, 0.25) is 0 Å². The lowest BCUT2D eigenvalue weighted by Gasteiger charge is -2.34. The van der Waals surface area contributed by atoms with Gasteiger partial charge >= 0.3 is 0 Å². The average molecular weight is 221 g/mol. The van der Waals surface area contributed by atoms with E-state index in [4.69, 9.17) is 0 Å². The van der Waals surface area contributed by atoms with E-state index in [-0.39, 0.29) is 0 Å². The highest BCUT2D eigenvalue weighted by atomic mass is 15.2. The van der Waals surface area contributed by atoms with Crippen LogP contribution in [0.3, 0.4) is 0 Å². The van der Waals surface area contributed by atoms with Crippen molar-refractivity contribution in [2.75, 3.05) is 13.1 Å². The molecule has 0 aliphatic carbocycles. The van der Waals surface area contributed by atoms with E-state index in [1.165, 1.54) is 42.9 Å². The van der Waals surface area contributed by atoms with Crippen molar-refractivity contribution in [3.05, 3.63) is 17.0 Å². The van der Waals surface area contributed by atoms with Crippen LogP contribution in [-0.4, -0.2) is 34.2 Å². The molecule has 1 aromatic rings. The van der Waals surface area contributed by atoms with E-state index in [2.05, 4.69) is 42.8 Å². The summed E-state index contributed by atoms with van der Waals surface area (Å²) in [4.78, 5) is 2.57. The molecular weight excluding hydrogens is 198 g/mol. The molecule has 2 rings (SSSR count). The summed E-state index contributed by atoms with van der Waals surface area (Å²) in [5.41, 5.74) is 3.93. The third-order valence-corrected chi connectivity index (χ3v) is 3.85. The van der Waals surface area contributed by atoms with Gasteiger partial charge in [0.15, 0.2) is 0 Å². The number of hydrogen-bond donors (Lipinski definition) is 1. The van der Waals surface area contributed by atoms with Gasteiger partial charge in [0.1, 0.15) is 0 Å². The first-order chi connectivity index (χ1) is 7.59. The van der Waals surface area contributed by atoms with E-state index in [0.717, 1.165) is 0 Å². The van der Waals surface area contributed by atoms with Crippen molar-refractivity contribution in [2.45, 2.75) is 52.5 Å². The fourth-order valence-electron chi connectivity index (χ4n) is 2.87. The number of hydrogen-bond acceptors (Lipinski definition) is 2. The van der Waals surface area contributed by atoms with Crippen LogP contribution in [-0.2, 0) is 0 Å². The first kappa shape index (κ1) is 11.6. The predicted molar refractivity (Wildman–Crippen MR) is 66.7 cm³/mol. The molecule has 3 heteroatoms. The van der Waals surface area contributed by atoms with E-state index in [9.17, 15) is 0 Å². The highest BCUT2D eigenvalue weighted by Crippen LogP contribution is 2.31. The second-order valence-electron chi connectivity index (χ2n) is 5.25. The molecule has 1 aliphatic rings. The Bertz CT molecular complexity index is 327. The molecule has 16 heavy (non-hydrogen) atoms. The molecule has 1 N–H and O–H groups in total. The van der Waals surface area contributed by atoms with Crippen molar-refractivity contribution in [3.8, 4) is 0 Å². The summed E-state index contributed by atoms with van der Waals surface area (Å²) < 4.78 is 0. The number of aromatic nitrogens is 2. The molecule has 90 valence electrons. The van der Waals surface area contributed by atoms with E-state index < -0.39 is 0 Å². The van der Waals surface area contributed by atoms with Gasteiger partial charge in [-0.2, -0.15) is 5.10 Å². The van der Waals surface area contributed by atoms with Gasteiger partial charge in [0.05, 0.1) is 5.69 Å². The van der Waals surface area contributed by atoms with Crippen molar-refractivity contribution in [3.63, 3.8) is 0 Å². The molecule has 0 aromatic carbocycles. The molecule has 0 bridgehead atoms.